The third-order valence-electron chi connectivity index (χ3n) is 20.2. The van der Waals surface area contributed by atoms with Crippen LogP contribution in [0.5, 0.6) is 0 Å². The van der Waals surface area contributed by atoms with Crippen molar-refractivity contribution in [1.29, 1.82) is 0 Å². The maximum Gasteiger partial charge on any atom is 0.472 e. The third kappa shape index (κ3) is 79.9. The van der Waals surface area contributed by atoms with Gasteiger partial charge < -0.3 is 33.8 Å². The van der Waals surface area contributed by atoms with E-state index >= 15 is 0 Å². The van der Waals surface area contributed by atoms with E-state index in [0.29, 0.717) is 25.7 Å². The third-order valence-corrected chi connectivity index (χ3v) is 22.1. The minimum Gasteiger partial charge on any atom is -0.462 e. The van der Waals surface area contributed by atoms with Crippen molar-refractivity contribution in [3.63, 3.8) is 0 Å². The molecule has 0 radical (unpaired) electrons. The number of aliphatic hydroxyl groups is 1. The zero-order chi connectivity index (χ0) is 77.1. The molecule has 0 aliphatic heterocycles. The Kier molecular flexibility index (Phi) is 76.0. The molecule has 3 N–H and O–H groups in total. The zero-order valence-electron chi connectivity index (χ0n) is 69.0. The molecule has 0 heterocycles. The van der Waals surface area contributed by atoms with Crippen LogP contribution >= 0.6 is 15.6 Å². The number of phosphoric ester groups is 2. The van der Waals surface area contributed by atoms with Gasteiger partial charge in [0.2, 0.25) is 0 Å². The van der Waals surface area contributed by atoms with Crippen LogP contribution in [0.1, 0.15) is 459 Å². The fraction of sp³-hybridized carbons (Fsp3) is 0.953. The average Bonchev–Trinajstić information content (AvgIpc) is 1.04. The first-order chi connectivity index (χ1) is 50.9. The van der Waals surface area contributed by atoms with E-state index in [1.54, 1.807) is 0 Å². The number of unbranched alkanes of at least 4 members (excludes halogenated alkanes) is 55. The van der Waals surface area contributed by atoms with E-state index in [1.165, 1.54) is 276 Å². The van der Waals surface area contributed by atoms with Crippen LogP contribution in [-0.2, 0) is 65.4 Å². The number of carbonyl (C=O) groups is 4. The van der Waals surface area contributed by atoms with Gasteiger partial charge in [-0.1, -0.05) is 408 Å². The van der Waals surface area contributed by atoms with Crippen LogP contribution in [0.3, 0.4) is 0 Å². The molecule has 2 unspecified atom stereocenters. The number of hydrogen-bond donors (Lipinski definition) is 3. The maximum absolute atomic E-state index is 13.1. The second-order valence-electron chi connectivity index (χ2n) is 31.9. The highest BCUT2D eigenvalue weighted by Crippen LogP contribution is 2.45. The lowest BCUT2D eigenvalue weighted by Gasteiger charge is -2.21. The molecule has 5 atom stereocenters. The van der Waals surface area contributed by atoms with Gasteiger partial charge in [-0.25, -0.2) is 9.13 Å². The van der Waals surface area contributed by atoms with Crippen LogP contribution in [0.25, 0.3) is 0 Å². The summed E-state index contributed by atoms with van der Waals surface area (Å²) in [6, 6.07) is 0. The zero-order valence-corrected chi connectivity index (χ0v) is 70.8. The quantitative estimate of drug-likeness (QED) is 0.0222. The van der Waals surface area contributed by atoms with Gasteiger partial charge in [-0.3, -0.25) is 37.3 Å². The molecule has 0 aliphatic rings. The molecule has 624 valence electrons. The first-order valence-corrected chi connectivity index (χ1v) is 47.5. The molecule has 0 amide bonds. The molecule has 0 aromatic carbocycles. The van der Waals surface area contributed by atoms with E-state index < -0.39 is 97.5 Å². The summed E-state index contributed by atoms with van der Waals surface area (Å²) >= 11 is 0. The lowest BCUT2D eigenvalue weighted by Crippen LogP contribution is -2.30. The lowest BCUT2D eigenvalue weighted by molar-refractivity contribution is -0.161. The van der Waals surface area contributed by atoms with Gasteiger partial charge in [-0.05, 0) is 37.5 Å². The monoisotopic (exact) mass is 1540 g/mol. The molecule has 0 saturated carbocycles. The topological polar surface area (TPSA) is 237 Å². The smallest absolute Gasteiger partial charge is 0.462 e. The summed E-state index contributed by atoms with van der Waals surface area (Å²) < 4.78 is 68.8. The van der Waals surface area contributed by atoms with Crippen molar-refractivity contribution in [2.24, 2.45) is 11.8 Å². The van der Waals surface area contributed by atoms with Crippen molar-refractivity contribution in [3.8, 4) is 0 Å². The Balaban J connectivity index is 5.20. The number of esters is 4. The van der Waals surface area contributed by atoms with Crippen LogP contribution in [-0.4, -0.2) is 96.7 Å². The molecule has 19 heteroatoms. The number of phosphoric acid groups is 2. The molecular formula is C86H168O17P2. The van der Waals surface area contributed by atoms with Gasteiger partial charge >= 0.3 is 39.5 Å². The van der Waals surface area contributed by atoms with Crippen molar-refractivity contribution in [2.45, 2.75) is 477 Å². The van der Waals surface area contributed by atoms with Crippen molar-refractivity contribution >= 4 is 39.5 Å². The minimum absolute atomic E-state index is 0.107. The summed E-state index contributed by atoms with van der Waals surface area (Å²) in [6.07, 6.45) is 69.6. The minimum atomic E-state index is -4.97. The molecule has 17 nitrogen and oxygen atoms in total. The number of carbonyl (C=O) groups excluding carboxylic acids is 4. The lowest BCUT2D eigenvalue weighted by atomic mass is 10.0. The van der Waals surface area contributed by atoms with Crippen LogP contribution in [0.4, 0.5) is 0 Å². The van der Waals surface area contributed by atoms with Gasteiger partial charge in [0.05, 0.1) is 26.4 Å². The largest absolute Gasteiger partial charge is 0.472 e. The molecule has 0 fully saturated rings. The van der Waals surface area contributed by atoms with E-state index in [1.807, 2.05) is 0 Å². The van der Waals surface area contributed by atoms with E-state index in [0.717, 1.165) is 102 Å². The Morgan fingerprint density at radius 1 is 0.257 bits per heavy atom. The second kappa shape index (κ2) is 77.4. The SMILES string of the molecule is CCCCCCCCCCCCCCCCCCCCCCCC(=O)OC[C@H](COP(=O)(O)OC[C@@H](O)COP(=O)(O)OC[C@@H](COC(=O)CCCCCCCCCCC(C)C)OC(=O)CCCCCCCCCCCCCC)OC(=O)CCCCCCCCCCCCCCCCCCCCC(C)C. The number of rotatable bonds is 85. The van der Waals surface area contributed by atoms with Crippen LogP contribution in [0.15, 0.2) is 0 Å². The van der Waals surface area contributed by atoms with Crippen LogP contribution < -0.4 is 0 Å². The summed E-state index contributed by atoms with van der Waals surface area (Å²) in [7, 11) is -9.92. The van der Waals surface area contributed by atoms with Gasteiger partial charge in [0.25, 0.3) is 0 Å². The molecular weight excluding hydrogens is 1370 g/mol. The molecule has 0 aromatic heterocycles. The number of aliphatic hydroxyl groups excluding tert-OH is 1. The van der Waals surface area contributed by atoms with E-state index in [4.69, 9.17) is 37.0 Å². The Labute approximate surface area is 645 Å². The van der Waals surface area contributed by atoms with Crippen molar-refractivity contribution < 1.29 is 80.2 Å². The van der Waals surface area contributed by atoms with E-state index in [2.05, 4.69) is 41.5 Å². The Bertz CT molecular complexity index is 2010. The summed E-state index contributed by atoms with van der Waals surface area (Å²) in [6.45, 7) is 9.66. The predicted octanol–water partition coefficient (Wildman–Crippen LogP) is 26.2. The molecule has 0 spiro atoms. The Morgan fingerprint density at radius 3 is 0.648 bits per heavy atom. The summed E-state index contributed by atoms with van der Waals surface area (Å²) in [5, 5.41) is 10.7. The van der Waals surface area contributed by atoms with Gasteiger partial charge in [-0.15, -0.1) is 0 Å². The highest BCUT2D eigenvalue weighted by Gasteiger charge is 2.30. The molecule has 105 heavy (non-hydrogen) atoms. The normalized spacial score (nSPS) is 13.8. The first kappa shape index (κ1) is 103. The fourth-order valence-electron chi connectivity index (χ4n) is 13.4. The standard InChI is InChI=1S/C86H168O17P2/c1-7-9-11-13-15-17-19-21-22-23-24-25-26-30-33-36-40-43-50-56-62-68-83(88)96-74-81(102-86(91)71-65-59-53-45-41-37-34-31-28-27-29-32-35-38-42-48-54-60-66-78(3)4)76-100-104(92,93)98-72-80(87)73-99-105(94,95)101-77-82(75-97-84(89)69-63-57-51-47-46-49-55-61-67-79(5)6)103-85(90)70-64-58-52-44-39-20-18-16-14-12-10-8-2/h78-82,87H,7-77H2,1-6H3,(H,92,93)(H,94,95)/t80-,81-,82-/m1/s1. The van der Waals surface area contributed by atoms with Gasteiger partial charge in [0.15, 0.2) is 12.2 Å². The maximum atomic E-state index is 13.1. The summed E-state index contributed by atoms with van der Waals surface area (Å²) in [5.74, 6) is -0.557. The van der Waals surface area contributed by atoms with Gasteiger partial charge in [-0.2, -0.15) is 0 Å². The fourth-order valence-corrected chi connectivity index (χ4v) is 15.0. The van der Waals surface area contributed by atoms with Crippen LogP contribution in [0.2, 0.25) is 0 Å². The Hall–Kier alpha value is -1.94. The highest BCUT2D eigenvalue weighted by molar-refractivity contribution is 7.47. The van der Waals surface area contributed by atoms with Crippen molar-refractivity contribution in [1.82, 2.24) is 0 Å². The molecule has 0 aromatic rings. The summed E-state index contributed by atoms with van der Waals surface area (Å²) in [4.78, 5) is 73.2. The molecule has 0 bridgehead atoms. The summed E-state index contributed by atoms with van der Waals surface area (Å²) in [5.41, 5.74) is 0. The van der Waals surface area contributed by atoms with E-state index in [-0.39, 0.29) is 25.7 Å². The van der Waals surface area contributed by atoms with Crippen LogP contribution in [0, 0.1) is 11.8 Å². The second-order valence-corrected chi connectivity index (χ2v) is 34.8. The molecule has 0 rings (SSSR count). The van der Waals surface area contributed by atoms with Gasteiger partial charge in [0.1, 0.15) is 19.3 Å². The first-order valence-electron chi connectivity index (χ1n) is 44.5. The average molecular weight is 1540 g/mol. The predicted molar refractivity (Wildman–Crippen MR) is 432 cm³/mol. The molecule has 0 saturated heterocycles. The highest BCUT2D eigenvalue weighted by atomic mass is 31.2. The van der Waals surface area contributed by atoms with Crippen molar-refractivity contribution in [2.75, 3.05) is 39.6 Å². The molecule has 0 aliphatic carbocycles. The Morgan fingerprint density at radius 2 is 0.438 bits per heavy atom. The van der Waals surface area contributed by atoms with E-state index in [9.17, 15) is 43.2 Å². The number of ether oxygens (including phenoxy) is 4. The van der Waals surface area contributed by atoms with Crippen molar-refractivity contribution in [3.05, 3.63) is 0 Å². The number of hydrogen-bond acceptors (Lipinski definition) is 15. The van der Waals surface area contributed by atoms with Gasteiger partial charge in [0, 0.05) is 25.7 Å².